The Morgan fingerprint density at radius 3 is 2.37 bits per heavy atom. The van der Waals surface area contributed by atoms with Crippen LogP contribution in [0.25, 0.3) is 0 Å². The highest BCUT2D eigenvalue weighted by atomic mass is 35.5. The fraction of sp³-hybridized carbons (Fsp3) is 0.188. The van der Waals surface area contributed by atoms with Gasteiger partial charge in [-0.05, 0) is 49.6 Å². The van der Waals surface area contributed by atoms with Crippen LogP contribution in [0.4, 0.5) is 0 Å². The molecule has 0 aliphatic carbocycles. The molecular weight excluding hydrogens is 258 g/mol. The predicted octanol–water partition coefficient (Wildman–Crippen LogP) is 4.93. The molecule has 0 atom stereocenters. The summed E-state index contributed by atoms with van der Waals surface area (Å²) >= 11 is 6.00. The van der Waals surface area contributed by atoms with Crippen LogP contribution in [0.15, 0.2) is 30.3 Å². The van der Waals surface area contributed by atoms with Crippen LogP contribution in [-0.2, 0) is 0 Å². The maximum absolute atomic E-state index is 8.85. The molecule has 3 heteroatoms. The molecule has 2 aromatic carbocycles. The number of benzene rings is 2. The Morgan fingerprint density at radius 2 is 1.74 bits per heavy atom. The minimum absolute atomic E-state index is 0.406. The van der Waals surface area contributed by atoms with E-state index in [0.29, 0.717) is 16.3 Å². The van der Waals surface area contributed by atoms with E-state index in [1.807, 2.05) is 32.9 Å². The first-order valence-corrected chi connectivity index (χ1v) is 6.35. The first-order valence-electron chi connectivity index (χ1n) is 5.97. The Morgan fingerprint density at radius 1 is 1.05 bits per heavy atom. The molecule has 0 saturated carbocycles. The van der Waals surface area contributed by atoms with Gasteiger partial charge in [0.25, 0.3) is 0 Å². The monoisotopic (exact) mass is 271 g/mol. The van der Waals surface area contributed by atoms with Crippen molar-refractivity contribution in [3.63, 3.8) is 0 Å². The van der Waals surface area contributed by atoms with E-state index in [9.17, 15) is 0 Å². The van der Waals surface area contributed by atoms with Gasteiger partial charge in [0.1, 0.15) is 17.6 Å². The average molecular weight is 272 g/mol. The minimum atomic E-state index is 0.406. The summed E-state index contributed by atoms with van der Waals surface area (Å²) in [6.07, 6.45) is 0. The molecule has 0 fully saturated rings. The summed E-state index contributed by atoms with van der Waals surface area (Å²) in [6.45, 7) is 6.09. The molecule has 0 bridgehead atoms. The molecule has 0 saturated heterocycles. The van der Waals surface area contributed by atoms with Crippen LogP contribution in [0.3, 0.4) is 0 Å². The van der Waals surface area contributed by atoms with Gasteiger partial charge in [0.05, 0.1) is 10.6 Å². The lowest BCUT2D eigenvalue weighted by Gasteiger charge is -2.14. The molecule has 2 nitrogen and oxygen atoms in total. The molecule has 2 rings (SSSR count). The van der Waals surface area contributed by atoms with Crippen molar-refractivity contribution in [3.8, 4) is 17.6 Å². The molecule has 0 spiro atoms. The summed E-state index contributed by atoms with van der Waals surface area (Å²) in [7, 11) is 0. The smallest absolute Gasteiger partial charge is 0.133 e. The Balaban J connectivity index is 2.40. The van der Waals surface area contributed by atoms with Crippen LogP contribution < -0.4 is 4.74 Å². The number of aryl methyl sites for hydroxylation is 2. The second kappa shape index (κ2) is 5.34. The van der Waals surface area contributed by atoms with Gasteiger partial charge in [-0.25, -0.2) is 0 Å². The van der Waals surface area contributed by atoms with Crippen molar-refractivity contribution in [1.82, 2.24) is 0 Å². The number of hydrogen-bond donors (Lipinski definition) is 0. The molecule has 0 amide bonds. The maximum atomic E-state index is 8.85. The molecule has 0 aromatic heterocycles. The lowest BCUT2D eigenvalue weighted by Crippen LogP contribution is -1.93. The first-order chi connectivity index (χ1) is 9.02. The molecule has 19 heavy (non-hydrogen) atoms. The van der Waals surface area contributed by atoms with Gasteiger partial charge in [0.2, 0.25) is 0 Å². The third kappa shape index (κ3) is 2.72. The van der Waals surface area contributed by atoms with Crippen molar-refractivity contribution in [3.05, 3.63) is 57.6 Å². The van der Waals surface area contributed by atoms with Gasteiger partial charge in [-0.3, -0.25) is 0 Å². The molecule has 96 valence electrons. The summed E-state index contributed by atoms with van der Waals surface area (Å²) in [5.41, 5.74) is 3.82. The van der Waals surface area contributed by atoms with E-state index in [2.05, 4.69) is 6.07 Å². The Bertz CT molecular complexity index is 671. The van der Waals surface area contributed by atoms with Crippen molar-refractivity contribution in [2.75, 3.05) is 0 Å². The average Bonchev–Trinajstić information content (AvgIpc) is 2.39. The van der Waals surface area contributed by atoms with Crippen LogP contribution in [0.1, 0.15) is 22.3 Å². The van der Waals surface area contributed by atoms with Gasteiger partial charge in [-0.1, -0.05) is 23.7 Å². The molecule has 0 heterocycles. The van der Waals surface area contributed by atoms with Gasteiger partial charge < -0.3 is 4.74 Å². The zero-order valence-corrected chi connectivity index (χ0v) is 11.9. The maximum Gasteiger partial charge on any atom is 0.133 e. The van der Waals surface area contributed by atoms with Crippen molar-refractivity contribution in [1.29, 1.82) is 5.26 Å². The third-order valence-electron chi connectivity index (χ3n) is 3.15. The Kier molecular flexibility index (Phi) is 3.78. The molecule has 0 unspecified atom stereocenters. The van der Waals surface area contributed by atoms with Gasteiger partial charge in [0.15, 0.2) is 0 Å². The standard InChI is InChI=1S/C16H14ClNO/c1-10-4-5-11(2)16(12(10)3)19-14-7-6-13(9-18)15(17)8-14/h4-8H,1-3H3. The topological polar surface area (TPSA) is 33.0 Å². The molecule has 0 N–H and O–H groups in total. The normalized spacial score (nSPS) is 10.1. The van der Waals surface area contributed by atoms with Crippen LogP contribution in [0, 0.1) is 32.1 Å². The lowest BCUT2D eigenvalue weighted by atomic mass is 10.1. The summed E-state index contributed by atoms with van der Waals surface area (Å²) in [5, 5.41) is 9.25. The number of nitriles is 1. The Hall–Kier alpha value is -1.98. The van der Waals surface area contributed by atoms with Crippen molar-refractivity contribution >= 4 is 11.6 Å². The van der Waals surface area contributed by atoms with Gasteiger partial charge in [0, 0.05) is 6.07 Å². The Labute approximate surface area is 118 Å². The second-order valence-corrected chi connectivity index (χ2v) is 4.92. The molecule has 0 aliphatic rings. The summed E-state index contributed by atoms with van der Waals surface area (Å²) in [6, 6.07) is 11.2. The number of rotatable bonds is 2. The second-order valence-electron chi connectivity index (χ2n) is 4.51. The van der Waals surface area contributed by atoms with Crippen molar-refractivity contribution in [2.24, 2.45) is 0 Å². The quantitative estimate of drug-likeness (QED) is 0.776. The van der Waals surface area contributed by atoms with Crippen LogP contribution in [0.2, 0.25) is 5.02 Å². The SMILES string of the molecule is Cc1ccc(C)c(Oc2ccc(C#N)c(Cl)c2)c1C. The lowest BCUT2D eigenvalue weighted by molar-refractivity contribution is 0.474. The van der Waals surface area contributed by atoms with Crippen molar-refractivity contribution in [2.45, 2.75) is 20.8 Å². The number of hydrogen-bond acceptors (Lipinski definition) is 2. The highest BCUT2D eigenvalue weighted by Crippen LogP contribution is 2.32. The van der Waals surface area contributed by atoms with Crippen molar-refractivity contribution < 1.29 is 4.74 Å². The van der Waals surface area contributed by atoms with E-state index in [1.165, 1.54) is 5.56 Å². The largest absolute Gasteiger partial charge is 0.457 e. The summed E-state index contributed by atoms with van der Waals surface area (Å²) in [4.78, 5) is 0. The minimum Gasteiger partial charge on any atom is -0.457 e. The fourth-order valence-corrected chi connectivity index (χ4v) is 2.06. The van der Waals surface area contributed by atoms with Gasteiger partial charge in [-0.15, -0.1) is 0 Å². The van der Waals surface area contributed by atoms with Gasteiger partial charge in [-0.2, -0.15) is 5.26 Å². The highest BCUT2D eigenvalue weighted by molar-refractivity contribution is 6.31. The van der Waals surface area contributed by atoms with E-state index in [1.54, 1.807) is 18.2 Å². The van der Waals surface area contributed by atoms with E-state index in [0.717, 1.165) is 16.9 Å². The summed E-state index contributed by atoms with van der Waals surface area (Å²) in [5.74, 6) is 1.49. The third-order valence-corrected chi connectivity index (χ3v) is 3.47. The highest BCUT2D eigenvalue weighted by Gasteiger charge is 2.09. The van der Waals surface area contributed by atoms with E-state index in [-0.39, 0.29) is 0 Å². The fourth-order valence-electron chi connectivity index (χ4n) is 1.85. The molecular formula is C16H14ClNO. The van der Waals surface area contributed by atoms with E-state index < -0.39 is 0 Å². The molecule has 2 aromatic rings. The van der Waals surface area contributed by atoms with Crippen LogP contribution in [-0.4, -0.2) is 0 Å². The van der Waals surface area contributed by atoms with Crippen LogP contribution in [0.5, 0.6) is 11.5 Å². The predicted molar refractivity (Wildman–Crippen MR) is 76.9 cm³/mol. The number of halogens is 1. The first kappa shape index (κ1) is 13.5. The zero-order chi connectivity index (χ0) is 14.0. The van der Waals surface area contributed by atoms with Gasteiger partial charge >= 0.3 is 0 Å². The van der Waals surface area contributed by atoms with Crippen LogP contribution >= 0.6 is 11.6 Å². The van der Waals surface area contributed by atoms with E-state index in [4.69, 9.17) is 21.6 Å². The molecule has 0 radical (unpaired) electrons. The molecule has 0 aliphatic heterocycles. The van der Waals surface area contributed by atoms with E-state index >= 15 is 0 Å². The zero-order valence-electron chi connectivity index (χ0n) is 11.1. The number of ether oxygens (including phenoxy) is 1. The number of nitrogens with zero attached hydrogens (tertiary/aromatic N) is 1. The summed E-state index contributed by atoms with van der Waals surface area (Å²) < 4.78 is 5.91.